The van der Waals surface area contributed by atoms with Gasteiger partial charge in [-0.3, -0.25) is 9.59 Å². The second kappa shape index (κ2) is 5.61. The Morgan fingerprint density at radius 2 is 1.92 bits per heavy atom. The maximum atomic E-state index is 12.7. The zero-order valence-electron chi connectivity index (χ0n) is 13.9. The summed E-state index contributed by atoms with van der Waals surface area (Å²) in [6, 6.07) is 6.71. The zero-order valence-corrected chi connectivity index (χ0v) is 13.9. The third-order valence-electron chi connectivity index (χ3n) is 5.13. The fraction of sp³-hybridized carbons (Fsp3) is 0.389. The predicted octanol–water partition coefficient (Wildman–Crippen LogP) is 2.64. The maximum Gasteiger partial charge on any atom is 0.344 e. The van der Waals surface area contributed by atoms with Crippen molar-refractivity contribution in [3.05, 3.63) is 35.6 Å². The molecule has 4 amide bonds. The summed E-state index contributed by atoms with van der Waals surface area (Å²) < 4.78 is 5.60. The van der Waals surface area contributed by atoms with Crippen molar-refractivity contribution in [3.8, 4) is 0 Å². The number of nitrogens with one attached hydrogen (secondary N) is 2. The van der Waals surface area contributed by atoms with Gasteiger partial charge >= 0.3 is 11.9 Å². The minimum atomic E-state index is -0.870. The molecule has 2 heterocycles. The number of imide groups is 1. The lowest BCUT2D eigenvalue weighted by atomic mass is 9.82. The van der Waals surface area contributed by atoms with Crippen LogP contribution in [0.2, 0.25) is 0 Å². The number of fused-ring (bicyclic) bond motifs is 1. The molecule has 0 radical (unpaired) electrons. The van der Waals surface area contributed by atoms with Crippen molar-refractivity contribution in [2.75, 3.05) is 0 Å². The molecule has 1 saturated heterocycles. The summed E-state index contributed by atoms with van der Waals surface area (Å²) in [4.78, 5) is 37.5. The van der Waals surface area contributed by atoms with Gasteiger partial charge in [0.25, 0.3) is 5.91 Å². The lowest BCUT2D eigenvalue weighted by molar-refractivity contribution is -0.134. The van der Waals surface area contributed by atoms with E-state index in [1.165, 1.54) is 0 Å². The van der Waals surface area contributed by atoms with Gasteiger partial charge in [0.1, 0.15) is 11.1 Å². The molecule has 0 bridgehead atoms. The fourth-order valence-electron chi connectivity index (χ4n) is 3.76. The summed E-state index contributed by atoms with van der Waals surface area (Å²) in [5.41, 5.74) is 2.80. The first kappa shape index (κ1) is 15.7. The van der Waals surface area contributed by atoms with Crippen LogP contribution in [-0.4, -0.2) is 28.4 Å². The average Bonchev–Trinajstić information content (AvgIpc) is 3.06. The molecule has 0 unspecified atom stereocenters. The molecule has 4 rings (SSSR count). The molecule has 1 aliphatic carbocycles. The summed E-state index contributed by atoms with van der Waals surface area (Å²) >= 11 is 0. The topological polar surface area (TPSA) is 91.7 Å². The smallest absolute Gasteiger partial charge is 0.344 e. The van der Waals surface area contributed by atoms with E-state index < -0.39 is 17.5 Å². The molecule has 2 aliphatic rings. The van der Waals surface area contributed by atoms with Crippen molar-refractivity contribution in [1.29, 1.82) is 0 Å². The summed E-state index contributed by atoms with van der Waals surface area (Å²) in [5, 5.41) is 4.38. The van der Waals surface area contributed by atoms with Crippen LogP contribution in [0.25, 0.3) is 11.0 Å². The summed E-state index contributed by atoms with van der Waals surface area (Å²) in [6.45, 7) is 1.77. The van der Waals surface area contributed by atoms with E-state index in [1.54, 1.807) is 13.0 Å². The molecule has 1 spiro atoms. The van der Waals surface area contributed by atoms with Crippen LogP contribution in [0.1, 0.15) is 48.2 Å². The second-order valence-corrected chi connectivity index (χ2v) is 6.71. The third-order valence-corrected chi connectivity index (χ3v) is 5.13. The highest BCUT2D eigenvalue weighted by molar-refractivity contribution is 6.09. The van der Waals surface area contributed by atoms with Gasteiger partial charge in [0.05, 0.1) is 0 Å². The first-order chi connectivity index (χ1) is 12.0. The van der Waals surface area contributed by atoms with Gasteiger partial charge in [-0.1, -0.05) is 37.5 Å². The molecule has 2 fully saturated rings. The number of furan rings is 1. The Morgan fingerprint density at radius 1 is 1.20 bits per heavy atom. The molecule has 25 heavy (non-hydrogen) atoms. The number of hydrogen-bond acceptors (Lipinski definition) is 4. The SMILES string of the molecule is Cc1c(C(=O)NN2C(=O)NC3(CCCCC3)C2=O)oc2ccccc12. The Morgan fingerprint density at radius 3 is 2.64 bits per heavy atom. The van der Waals surface area contributed by atoms with Gasteiger partial charge in [-0.05, 0) is 25.8 Å². The number of amides is 4. The van der Waals surface area contributed by atoms with E-state index in [2.05, 4.69) is 10.7 Å². The maximum absolute atomic E-state index is 12.7. The van der Waals surface area contributed by atoms with Gasteiger partial charge in [0.2, 0.25) is 0 Å². The van der Waals surface area contributed by atoms with Crippen LogP contribution in [0.4, 0.5) is 4.79 Å². The Labute approximate surface area is 144 Å². The van der Waals surface area contributed by atoms with Crippen molar-refractivity contribution in [2.24, 2.45) is 0 Å². The minimum absolute atomic E-state index is 0.103. The number of urea groups is 1. The Bertz CT molecular complexity index is 880. The van der Waals surface area contributed by atoms with E-state index in [4.69, 9.17) is 4.42 Å². The molecule has 2 N–H and O–H groups in total. The quantitative estimate of drug-likeness (QED) is 0.822. The summed E-state index contributed by atoms with van der Waals surface area (Å²) in [6.07, 6.45) is 4.03. The number of carbonyl (C=O) groups excluding carboxylic acids is 3. The molecule has 7 nitrogen and oxygen atoms in total. The Balaban J connectivity index is 1.59. The van der Waals surface area contributed by atoms with Gasteiger partial charge in [-0.2, -0.15) is 5.01 Å². The number of hydrogen-bond donors (Lipinski definition) is 2. The van der Waals surface area contributed by atoms with Crippen LogP contribution in [0, 0.1) is 6.92 Å². The van der Waals surface area contributed by atoms with Crippen LogP contribution in [0.3, 0.4) is 0 Å². The van der Waals surface area contributed by atoms with Crippen LogP contribution < -0.4 is 10.7 Å². The Kier molecular flexibility index (Phi) is 3.52. The Hall–Kier alpha value is -2.83. The number of rotatable bonds is 2. The van der Waals surface area contributed by atoms with Gasteiger partial charge in [0, 0.05) is 10.9 Å². The van der Waals surface area contributed by atoms with Crippen molar-refractivity contribution < 1.29 is 18.8 Å². The van der Waals surface area contributed by atoms with E-state index in [-0.39, 0.29) is 11.7 Å². The molecular weight excluding hydrogens is 322 g/mol. The number of para-hydroxylation sites is 1. The molecule has 1 aliphatic heterocycles. The van der Waals surface area contributed by atoms with Gasteiger partial charge in [-0.25, -0.2) is 10.2 Å². The van der Waals surface area contributed by atoms with Gasteiger partial charge in [-0.15, -0.1) is 0 Å². The molecular formula is C18H19N3O4. The fourth-order valence-corrected chi connectivity index (χ4v) is 3.76. The number of carbonyl (C=O) groups is 3. The highest BCUT2D eigenvalue weighted by Crippen LogP contribution is 2.33. The summed E-state index contributed by atoms with van der Waals surface area (Å²) in [5.74, 6) is -0.893. The van der Waals surface area contributed by atoms with Crippen molar-refractivity contribution in [2.45, 2.75) is 44.6 Å². The molecule has 1 saturated carbocycles. The van der Waals surface area contributed by atoms with Gasteiger partial charge in [0.15, 0.2) is 5.76 Å². The number of hydrazine groups is 1. The average molecular weight is 341 g/mol. The van der Waals surface area contributed by atoms with Crippen LogP contribution in [0.5, 0.6) is 0 Å². The minimum Gasteiger partial charge on any atom is -0.451 e. The first-order valence-corrected chi connectivity index (χ1v) is 8.48. The molecule has 130 valence electrons. The molecule has 1 aromatic heterocycles. The number of aryl methyl sites for hydroxylation is 1. The number of nitrogens with zero attached hydrogens (tertiary/aromatic N) is 1. The summed E-state index contributed by atoms with van der Waals surface area (Å²) in [7, 11) is 0. The largest absolute Gasteiger partial charge is 0.451 e. The molecule has 0 atom stereocenters. The molecule has 2 aromatic rings. The van der Waals surface area contributed by atoms with Crippen LogP contribution in [0.15, 0.2) is 28.7 Å². The number of benzene rings is 1. The van der Waals surface area contributed by atoms with Crippen molar-refractivity contribution >= 4 is 28.8 Å². The first-order valence-electron chi connectivity index (χ1n) is 8.48. The van der Waals surface area contributed by atoms with E-state index >= 15 is 0 Å². The monoisotopic (exact) mass is 341 g/mol. The highest BCUT2D eigenvalue weighted by Gasteiger charge is 2.52. The van der Waals surface area contributed by atoms with Crippen molar-refractivity contribution in [3.63, 3.8) is 0 Å². The van der Waals surface area contributed by atoms with E-state index in [0.29, 0.717) is 24.0 Å². The van der Waals surface area contributed by atoms with Crippen LogP contribution >= 0.6 is 0 Å². The second-order valence-electron chi connectivity index (χ2n) is 6.71. The normalized spacial score (nSPS) is 19.5. The van der Waals surface area contributed by atoms with Crippen molar-refractivity contribution in [1.82, 2.24) is 15.8 Å². The molecule has 7 heteroatoms. The standard InChI is InChI=1S/C18H19N3O4/c1-11-12-7-3-4-8-13(12)25-14(11)15(22)20-21-16(23)18(19-17(21)24)9-5-2-6-10-18/h3-4,7-8H,2,5-6,9-10H2,1H3,(H,19,24)(H,20,22). The van der Waals surface area contributed by atoms with E-state index in [9.17, 15) is 14.4 Å². The lowest BCUT2D eigenvalue weighted by Crippen LogP contribution is -2.51. The molecule has 1 aromatic carbocycles. The third kappa shape index (κ3) is 2.38. The van der Waals surface area contributed by atoms with Crippen LogP contribution in [-0.2, 0) is 4.79 Å². The lowest BCUT2D eigenvalue weighted by Gasteiger charge is -2.30. The van der Waals surface area contributed by atoms with E-state index in [1.807, 2.05) is 18.2 Å². The predicted molar refractivity (Wildman–Crippen MR) is 89.6 cm³/mol. The zero-order chi connectivity index (χ0) is 17.6. The highest BCUT2D eigenvalue weighted by atomic mass is 16.3. The van der Waals surface area contributed by atoms with Gasteiger partial charge < -0.3 is 9.73 Å². The van der Waals surface area contributed by atoms with E-state index in [0.717, 1.165) is 29.7 Å².